The molecule has 27 heavy (non-hydrogen) atoms. The minimum Gasteiger partial charge on any atom is -0.497 e. The van der Waals surface area contributed by atoms with Crippen LogP contribution in [0.1, 0.15) is 29.8 Å². The average molecular weight is 392 g/mol. The van der Waals surface area contributed by atoms with E-state index in [-0.39, 0.29) is 23.0 Å². The van der Waals surface area contributed by atoms with Crippen LogP contribution in [-0.4, -0.2) is 39.2 Å². The lowest BCUT2D eigenvalue weighted by Gasteiger charge is -2.16. The Labute approximate surface area is 159 Å². The molecule has 0 bridgehead atoms. The van der Waals surface area contributed by atoms with Gasteiger partial charge in [-0.2, -0.15) is 0 Å². The molecule has 0 unspecified atom stereocenters. The standard InChI is InChI=1S/C19H24N2O5S/c1-13(2)21-17-9-6-15(19(22)23)12-18(17)27(24,25)20-11-10-14-4-7-16(26-3)8-5-14/h4-9,12-13,20-21H,10-11H2,1-3H3,(H,22,23). The Balaban J connectivity index is 2.17. The summed E-state index contributed by atoms with van der Waals surface area (Å²) in [6, 6.07) is 11.4. The first-order chi connectivity index (χ1) is 12.7. The summed E-state index contributed by atoms with van der Waals surface area (Å²) < 4.78 is 33.1. The maximum absolute atomic E-state index is 12.7. The Morgan fingerprint density at radius 3 is 2.37 bits per heavy atom. The maximum atomic E-state index is 12.7. The second-order valence-electron chi connectivity index (χ2n) is 6.31. The minimum atomic E-state index is -3.88. The molecule has 2 rings (SSSR count). The molecular weight excluding hydrogens is 368 g/mol. The summed E-state index contributed by atoms with van der Waals surface area (Å²) >= 11 is 0. The molecule has 8 heteroatoms. The van der Waals surface area contributed by atoms with E-state index in [0.29, 0.717) is 12.1 Å². The Hall–Kier alpha value is -2.58. The molecule has 2 aromatic rings. The molecule has 0 aliphatic rings. The number of carboxylic acid groups (broad SMARTS) is 1. The van der Waals surface area contributed by atoms with Crippen molar-refractivity contribution in [3.8, 4) is 5.75 Å². The molecule has 0 aliphatic carbocycles. The van der Waals surface area contributed by atoms with Gasteiger partial charge in [-0.25, -0.2) is 17.9 Å². The van der Waals surface area contributed by atoms with E-state index in [9.17, 15) is 13.2 Å². The van der Waals surface area contributed by atoms with Gasteiger partial charge in [0.05, 0.1) is 18.4 Å². The lowest BCUT2D eigenvalue weighted by Crippen LogP contribution is -2.27. The third kappa shape index (κ3) is 5.70. The van der Waals surface area contributed by atoms with Crippen LogP contribution in [0.3, 0.4) is 0 Å². The van der Waals surface area contributed by atoms with Crippen molar-refractivity contribution in [2.24, 2.45) is 0 Å². The van der Waals surface area contributed by atoms with Crippen LogP contribution < -0.4 is 14.8 Å². The Kier molecular flexibility index (Phi) is 6.81. The van der Waals surface area contributed by atoms with Gasteiger partial charge >= 0.3 is 5.97 Å². The molecule has 0 amide bonds. The number of nitrogens with one attached hydrogen (secondary N) is 2. The summed E-state index contributed by atoms with van der Waals surface area (Å²) in [6.45, 7) is 3.93. The van der Waals surface area contributed by atoms with Crippen molar-refractivity contribution in [2.75, 3.05) is 19.0 Å². The zero-order chi connectivity index (χ0) is 20.0. The summed E-state index contributed by atoms with van der Waals surface area (Å²) in [6.07, 6.45) is 0.495. The fourth-order valence-electron chi connectivity index (χ4n) is 2.51. The van der Waals surface area contributed by atoms with Gasteiger partial charge in [0.15, 0.2) is 0 Å². The zero-order valence-electron chi connectivity index (χ0n) is 15.5. The summed E-state index contributed by atoms with van der Waals surface area (Å²) in [4.78, 5) is 11.1. The lowest BCUT2D eigenvalue weighted by atomic mass is 10.1. The zero-order valence-corrected chi connectivity index (χ0v) is 16.3. The van der Waals surface area contributed by atoms with Crippen LogP contribution in [0.5, 0.6) is 5.75 Å². The monoisotopic (exact) mass is 392 g/mol. The molecule has 7 nitrogen and oxygen atoms in total. The molecule has 0 saturated carbocycles. The average Bonchev–Trinajstić information content (AvgIpc) is 2.61. The van der Waals surface area contributed by atoms with Gasteiger partial charge in [-0.15, -0.1) is 0 Å². The van der Waals surface area contributed by atoms with Gasteiger partial charge in [-0.1, -0.05) is 12.1 Å². The predicted molar refractivity (Wildman–Crippen MR) is 104 cm³/mol. The van der Waals surface area contributed by atoms with Crippen LogP contribution in [0.15, 0.2) is 47.4 Å². The molecule has 146 valence electrons. The molecule has 0 atom stereocenters. The molecule has 0 aliphatic heterocycles. The highest BCUT2D eigenvalue weighted by atomic mass is 32.2. The third-order valence-electron chi connectivity index (χ3n) is 3.83. The highest BCUT2D eigenvalue weighted by Crippen LogP contribution is 2.24. The second kappa shape index (κ2) is 8.88. The first kappa shape index (κ1) is 20.7. The topological polar surface area (TPSA) is 105 Å². The summed E-state index contributed by atoms with van der Waals surface area (Å²) in [5.74, 6) is -0.449. The smallest absolute Gasteiger partial charge is 0.335 e. The first-order valence-corrected chi connectivity index (χ1v) is 9.97. The van der Waals surface area contributed by atoms with Crippen molar-refractivity contribution in [1.82, 2.24) is 4.72 Å². The number of sulfonamides is 1. The molecule has 0 fully saturated rings. The SMILES string of the molecule is COc1ccc(CCNS(=O)(=O)c2cc(C(=O)O)ccc2NC(C)C)cc1. The molecule has 0 saturated heterocycles. The highest BCUT2D eigenvalue weighted by Gasteiger charge is 2.21. The number of rotatable bonds is 9. The first-order valence-electron chi connectivity index (χ1n) is 8.49. The minimum absolute atomic E-state index is 0.00562. The third-order valence-corrected chi connectivity index (χ3v) is 5.33. The predicted octanol–water partition coefficient (Wildman–Crippen LogP) is 2.73. The van der Waals surface area contributed by atoms with E-state index < -0.39 is 16.0 Å². The second-order valence-corrected chi connectivity index (χ2v) is 8.05. The van der Waals surface area contributed by atoms with E-state index in [0.717, 1.165) is 11.3 Å². The Morgan fingerprint density at radius 2 is 1.81 bits per heavy atom. The van der Waals surface area contributed by atoms with Gasteiger partial charge in [0, 0.05) is 12.6 Å². The number of anilines is 1. The molecule has 0 radical (unpaired) electrons. The van der Waals surface area contributed by atoms with Crippen molar-refractivity contribution in [1.29, 1.82) is 0 Å². The van der Waals surface area contributed by atoms with Crippen LogP contribution in [0.2, 0.25) is 0 Å². The van der Waals surface area contributed by atoms with Gasteiger partial charge in [0.25, 0.3) is 0 Å². The van der Waals surface area contributed by atoms with Gasteiger partial charge in [-0.05, 0) is 56.2 Å². The van der Waals surface area contributed by atoms with Crippen molar-refractivity contribution in [3.05, 3.63) is 53.6 Å². The van der Waals surface area contributed by atoms with Gasteiger partial charge in [0.1, 0.15) is 10.6 Å². The summed E-state index contributed by atoms with van der Waals surface area (Å²) in [7, 11) is -2.30. The summed E-state index contributed by atoms with van der Waals surface area (Å²) in [5.41, 5.74) is 1.24. The molecule has 2 aromatic carbocycles. The van der Waals surface area contributed by atoms with E-state index in [2.05, 4.69) is 10.0 Å². The highest BCUT2D eigenvalue weighted by molar-refractivity contribution is 7.89. The van der Waals surface area contributed by atoms with Gasteiger partial charge < -0.3 is 15.2 Å². The van der Waals surface area contributed by atoms with E-state index in [1.54, 1.807) is 7.11 Å². The van der Waals surface area contributed by atoms with Crippen LogP contribution in [0.4, 0.5) is 5.69 Å². The van der Waals surface area contributed by atoms with Crippen molar-refractivity contribution < 1.29 is 23.1 Å². The van der Waals surface area contributed by atoms with Crippen molar-refractivity contribution in [2.45, 2.75) is 31.2 Å². The van der Waals surface area contributed by atoms with Gasteiger partial charge in [0.2, 0.25) is 10.0 Å². The quantitative estimate of drug-likeness (QED) is 0.606. The largest absolute Gasteiger partial charge is 0.497 e. The molecule has 3 N–H and O–H groups in total. The van der Waals surface area contributed by atoms with Gasteiger partial charge in [-0.3, -0.25) is 0 Å². The number of benzene rings is 2. The van der Waals surface area contributed by atoms with E-state index in [4.69, 9.17) is 9.84 Å². The molecule has 0 aromatic heterocycles. The van der Waals surface area contributed by atoms with Crippen molar-refractivity contribution >= 4 is 21.7 Å². The van der Waals surface area contributed by atoms with Crippen molar-refractivity contribution in [3.63, 3.8) is 0 Å². The van der Waals surface area contributed by atoms with Crippen LogP contribution in [0.25, 0.3) is 0 Å². The number of methoxy groups -OCH3 is 1. The number of aromatic carboxylic acids is 1. The normalized spacial score (nSPS) is 11.4. The van der Waals surface area contributed by atoms with Crippen LogP contribution >= 0.6 is 0 Å². The summed E-state index contributed by atoms with van der Waals surface area (Å²) in [5, 5.41) is 12.2. The van der Waals surface area contributed by atoms with E-state index in [1.165, 1.54) is 18.2 Å². The fourth-order valence-corrected chi connectivity index (χ4v) is 3.73. The van der Waals surface area contributed by atoms with E-state index >= 15 is 0 Å². The lowest BCUT2D eigenvalue weighted by molar-refractivity contribution is 0.0696. The number of hydrogen-bond acceptors (Lipinski definition) is 5. The molecule has 0 spiro atoms. The number of carboxylic acids is 1. The van der Waals surface area contributed by atoms with Crippen LogP contribution in [-0.2, 0) is 16.4 Å². The fraction of sp³-hybridized carbons (Fsp3) is 0.316. The number of hydrogen-bond donors (Lipinski definition) is 3. The Morgan fingerprint density at radius 1 is 1.15 bits per heavy atom. The Bertz CT molecular complexity index is 893. The maximum Gasteiger partial charge on any atom is 0.335 e. The van der Waals surface area contributed by atoms with Crippen LogP contribution in [0, 0.1) is 0 Å². The number of ether oxygens (including phenoxy) is 1. The van der Waals surface area contributed by atoms with E-state index in [1.807, 2.05) is 38.1 Å². The number of carbonyl (C=O) groups is 1. The molecular formula is C19H24N2O5S. The molecule has 0 heterocycles.